The summed E-state index contributed by atoms with van der Waals surface area (Å²) in [6.07, 6.45) is -4.86. The maximum atomic E-state index is 12.2. The molecule has 0 saturated carbocycles. The summed E-state index contributed by atoms with van der Waals surface area (Å²) in [6, 6.07) is 2.52. The number of alkyl halides is 3. The molecule has 15 heavy (non-hydrogen) atoms. The van der Waals surface area contributed by atoms with Crippen LogP contribution in [0.1, 0.15) is 21.5 Å². The molecule has 1 rings (SSSR count). The van der Waals surface area contributed by atoms with Gasteiger partial charge < -0.3 is 0 Å². The molecule has 0 fully saturated rings. The Bertz CT molecular complexity index is 410. The molecule has 82 valence electrons. The van der Waals surface area contributed by atoms with Gasteiger partial charge in [-0.1, -0.05) is 17.7 Å². The topological polar surface area (TPSA) is 17.1 Å². The molecule has 1 nitrogen and oxygen atoms in total. The van der Waals surface area contributed by atoms with Gasteiger partial charge in [0.15, 0.2) is 0 Å². The summed E-state index contributed by atoms with van der Waals surface area (Å²) in [5.41, 5.74) is 0.533. The number of halogens is 4. The number of ketones is 1. The first-order valence-electron chi connectivity index (χ1n) is 4.11. The van der Waals surface area contributed by atoms with Gasteiger partial charge >= 0.3 is 6.18 Å². The van der Waals surface area contributed by atoms with Crippen LogP contribution in [0.4, 0.5) is 13.2 Å². The fourth-order valence-corrected chi connectivity index (χ4v) is 1.39. The second-order valence-corrected chi connectivity index (χ2v) is 3.65. The van der Waals surface area contributed by atoms with Crippen LogP contribution in [-0.2, 0) is 0 Å². The van der Waals surface area contributed by atoms with Crippen LogP contribution in [0.15, 0.2) is 12.1 Å². The SMILES string of the molecule is Cc1cc(C)c(C(=O)C(F)(F)F)cc1Cl. The first kappa shape index (κ1) is 12.0. The number of benzene rings is 1. The molecule has 0 radical (unpaired) electrons. The second-order valence-electron chi connectivity index (χ2n) is 3.24. The summed E-state index contributed by atoms with van der Waals surface area (Å²) in [4.78, 5) is 11.0. The fraction of sp³-hybridized carbons (Fsp3) is 0.300. The summed E-state index contributed by atoms with van der Waals surface area (Å²) < 4.78 is 36.5. The van der Waals surface area contributed by atoms with Gasteiger partial charge in [0.2, 0.25) is 0 Å². The zero-order valence-corrected chi connectivity index (χ0v) is 8.83. The van der Waals surface area contributed by atoms with Crippen molar-refractivity contribution in [3.8, 4) is 0 Å². The minimum atomic E-state index is -4.86. The monoisotopic (exact) mass is 236 g/mol. The number of aryl methyl sites for hydroxylation is 2. The highest BCUT2D eigenvalue weighted by Crippen LogP contribution is 2.27. The summed E-state index contributed by atoms with van der Waals surface area (Å²) in [5, 5.41) is 0.160. The van der Waals surface area contributed by atoms with Crippen LogP contribution in [0.3, 0.4) is 0 Å². The predicted octanol–water partition coefficient (Wildman–Crippen LogP) is 3.70. The van der Waals surface area contributed by atoms with Gasteiger partial charge in [-0.25, -0.2) is 0 Å². The minimum absolute atomic E-state index is 0.160. The van der Waals surface area contributed by atoms with Gasteiger partial charge in [-0.15, -0.1) is 0 Å². The van der Waals surface area contributed by atoms with E-state index in [0.717, 1.165) is 6.07 Å². The lowest BCUT2D eigenvalue weighted by Gasteiger charge is -2.09. The zero-order chi connectivity index (χ0) is 11.8. The maximum Gasteiger partial charge on any atom is 0.454 e. The number of carbonyl (C=O) groups is 1. The van der Waals surface area contributed by atoms with Crippen molar-refractivity contribution in [3.63, 3.8) is 0 Å². The highest BCUT2D eigenvalue weighted by molar-refractivity contribution is 6.31. The van der Waals surface area contributed by atoms with Gasteiger partial charge in [-0.3, -0.25) is 4.79 Å². The summed E-state index contributed by atoms with van der Waals surface area (Å²) in [7, 11) is 0. The van der Waals surface area contributed by atoms with Gasteiger partial charge in [0, 0.05) is 10.6 Å². The molecule has 0 saturated heterocycles. The molecule has 0 aliphatic heterocycles. The summed E-state index contributed by atoms with van der Waals surface area (Å²) in [5.74, 6) is -1.86. The van der Waals surface area contributed by atoms with E-state index in [1.807, 2.05) is 0 Å². The Kier molecular flexibility index (Phi) is 3.09. The van der Waals surface area contributed by atoms with E-state index in [0.29, 0.717) is 5.56 Å². The van der Waals surface area contributed by atoms with Crippen molar-refractivity contribution in [2.45, 2.75) is 20.0 Å². The van der Waals surface area contributed by atoms with Crippen LogP contribution < -0.4 is 0 Å². The molecule has 1 aromatic rings. The molecule has 0 aromatic heterocycles. The quantitative estimate of drug-likeness (QED) is 0.680. The lowest BCUT2D eigenvalue weighted by atomic mass is 10.0. The van der Waals surface area contributed by atoms with Crippen molar-refractivity contribution in [1.82, 2.24) is 0 Å². The van der Waals surface area contributed by atoms with E-state index < -0.39 is 17.5 Å². The highest BCUT2D eigenvalue weighted by atomic mass is 35.5. The van der Waals surface area contributed by atoms with Crippen LogP contribution in [0, 0.1) is 13.8 Å². The van der Waals surface area contributed by atoms with Crippen molar-refractivity contribution in [1.29, 1.82) is 0 Å². The Morgan fingerprint density at radius 2 is 1.73 bits per heavy atom. The molecule has 1 aromatic carbocycles. The Morgan fingerprint density at radius 1 is 1.20 bits per heavy atom. The fourth-order valence-electron chi connectivity index (χ4n) is 1.22. The van der Waals surface area contributed by atoms with Crippen LogP contribution in [0.2, 0.25) is 5.02 Å². The van der Waals surface area contributed by atoms with Crippen molar-refractivity contribution in [2.75, 3.05) is 0 Å². The number of Topliss-reactive ketones (excluding diaryl/α,β-unsaturated/α-hetero) is 1. The van der Waals surface area contributed by atoms with Gasteiger partial charge in [0.05, 0.1) is 0 Å². The predicted molar refractivity (Wildman–Crippen MR) is 51.3 cm³/mol. The second kappa shape index (κ2) is 3.85. The Balaban J connectivity index is 3.28. The van der Waals surface area contributed by atoms with Gasteiger partial charge in [0.25, 0.3) is 5.78 Å². The minimum Gasteiger partial charge on any atom is -0.284 e. The molecule has 0 N–H and O–H groups in total. The van der Waals surface area contributed by atoms with Crippen molar-refractivity contribution in [3.05, 3.63) is 33.8 Å². The van der Waals surface area contributed by atoms with Gasteiger partial charge in [-0.05, 0) is 31.0 Å². The standard InChI is InChI=1S/C10H8ClF3O/c1-5-3-6(2)8(11)4-7(5)9(15)10(12,13)14/h3-4H,1-2H3. The third kappa shape index (κ3) is 2.50. The van der Waals surface area contributed by atoms with Crippen LogP contribution in [0.5, 0.6) is 0 Å². The molecule has 5 heteroatoms. The molecular weight excluding hydrogens is 229 g/mol. The third-order valence-corrected chi connectivity index (χ3v) is 2.41. The molecule has 0 aliphatic carbocycles. The lowest BCUT2D eigenvalue weighted by molar-refractivity contribution is -0.0885. The van der Waals surface area contributed by atoms with Crippen LogP contribution >= 0.6 is 11.6 Å². The van der Waals surface area contributed by atoms with Crippen molar-refractivity contribution < 1.29 is 18.0 Å². The largest absolute Gasteiger partial charge is 0.454 e. The first-order valence-corrected chi connectivity index (χ1v) is 4.49. The van der Waals surface area contributed by atoms with E-state index >= 15 is 0 Å². The Morgan fingerprint density at radius 3 is 2.20 bits per heavy atom. The Labute approximate surface area is 89.9 Å². The van der Waals surface area contributed by atoms with E-state index in [1.165, 1.54) is 13.0 Å². The van der Waals surface area contributed by atoms with E-state index in [2.05, 4.69) is 0 Å². The van der Waals surface area contributed by atoms with Crippen LogP contribution in [0.25, 0.3) is 0 Å². The maximum absolute atomic E-state index is 12.2. The molecule has 0 bridgehead atoms. The van der Waals surface area contributed by atoms with E-state index in [9.17, 15) is 18.0 Å². The number of carbonyl (C=O) groups excluding carboxylic acids is 1. The Hall–Kier alpha value is -1.03. The number of hydrogen-bond donors (Lipinski definition) is 0. The highest BCUT2D eigenvalue weighted by Gasteiger charge is 2.40. The molecular formula is C10H8ClF3O. The molecule has 0 spiro atoms. The van der Waals surface area contributed by atoms with Gasteiger partial charge in [0.1, 0.15) is 0 Å². The number of hydrogen-bond acceptors (Lipinski definition) is 1. The molecule has 0 amide bonds. The first-order chi connectivity index (χ1) is 6.73. The summed E-state index contributed by atoms with van der Waals surface area (Å²) in [6.45, 7) is 3.11. The van der Waals surface area contributed by atoms with E-state index in [1.54, 1.807) is 6.92 Å². The van der Waals surface area contributed by atoms with Gasteiger partial charge in [-0.2, -0.15) is 13.2 Å². The zero-order valence-electron chi connectivity index (χ0n) is 8.07. The van der Waals surface area contributed by atoms with E-state index in [-0.39, 0.29) is 10.6 Å². The molecule has 0 heterocycles. The normalized spacial score (nSPS) is 11.6. The van der Waals surface area contributed by atoms with Crippen molar-refractivity contribution in [2.24, 2.45) is 0 Å². The number of rotatable bonds is 1. The average Bonchev–Trinajstić information content (AvgIpc) is 2.08. The molecule has 0 atom stereocenters. The molecule has 0 unspecified atom stereocenters. The molecule has 0 aliphatic rings. The van der Waals surface area contributed by atoms with E-state index in [4.69, 9.17) is 11.6 Å². The lowest BCUT2D eigenvalue weighted by Crippen LogP contribution is -2.23. The average molecular weight is 237 g/mol. The smallest absolute Gasteiger partial charge is 0.284 e. The third-order valence-electron chi connectivity index (χ3n) is 2.01. The van der Waals surface area contributed by atoms with Crippen LogP contribution in [-0.4, -0.2) is 12.0 Å². The summed E-state index contributed by atoms with van der Waals surface area (Å²) >= 11 is 5.66. The van der Waals surface area contributed by atoms with Crippen molar-refractivity contribution >= 4 is 17.4 Å².